The van der Waals surface area contributed by atoms with Crippen LogP contribution in [-0.4, -0.2) is 11.9 Å². The molecule has 3 heteroatoms. The van der Waals surface area contributed by atoms with Crippen LogP contribution in [0.3, 0.4) is 0 Å². The Kier molecular flexibility index (Phi) is 4.02. The Labute approximate surface area is 109 Å². The zero-order valence-electron chi connectivity index (χ0n) is 11.1. The summed E-state index contributed by atoms with van der Waals surface area (Å²) in [5, 5.41) is 3.08. The molecule has 1 saturated carbocycles. The maximum Gasteiger partial charge on any atom is 0.241 e. The minimum atomic E-state index is -0.557. The maximum absolute atomic E-state index is 12.1. The fourth-order valence-electron chi connectivity index (χ4n) is 2.56. The molecule has 1 amide bonds. The number of nitrogens with one attached hydrogen (secondary N) is 1. The molecule has 0 aliphatic heterocycles. The highest BCUT2D eigenvalue weighted by molar-refractivity contribution is 5.83. The van der Waals surface area contributed by atoms with Crippen LogP contribution >= 0.6 is 0 Å². The van der Waals surface area contributed by atoms with E-state index in [-0.39, 0.29) is 5.91 Å². The molecule has 1 fully saturated rings. The maximum atomic E-state index is 12.1. The van der Waals surface area contributed by atoms with Crippen LogP contribution < -0.4 is 11.1 Å². The van der Waals surface area contributed by atoms with Gasteiger partial charge >= 0.3 is 0 Å². The summed E-state index contributed by atoms with van der Waals surface area (Å²) in [6.07, 6.45) is 3.48. The number of aryl methyl sites for hydroxylation is 1. The van der Waals surface area contributed by atoms with Crippen LogP contribution in [0.4, 0.5) is 0 Å². The third kappa shape index (κ3) is 2.91. The lowest BCUT2D eigenvalue weighted by Gasteiger charge is -2.20. The highest BCUT2D eigenvalue weighted by Crippen LogP contribution is 2.25. The number of rotatable bonds is 3. The molecule has 3 N–H and O–H groups in total. The molecule has 3 nitrogen and oxygen atoms in total. The Morgan fingerprint density at radius 3 is 2.56 bits per heavy atom. The van der Waals surface area contributed by atoms with Gasteiger partial charge in [-0.25, -0.2) is 0 Å². The second-order valence-electron chi connectivity index (χ2n) is 5.41. The summed E-state index contributed by atoms with van der Waals surface area (Å²) in [6.45, 7) is 4.21. The van der Waals surface area contributed by atoms with Crippen molar-refractivity contribution < 1.29 is 4.79 Å². The summed E-state index contributed by atoms with van der Waals surface area (Å²) < 4.78 is 0. The quantitative estimate of drug-likeness (QED) is 0.859. The largest absolute Gasteiger partial charge is 0.351 e. The zero-order chi connectivity index (χ0) is 13.1. The number of amides is 1. The SMILES string of the molecule is Cc1ccc(C(N)C(=O)NC2CCCC2C)cc1. The van der Waals surface area contributed by atoms with Gasteiger partial charge in [0.05, 0.1) is 0 Å². The van der Waals surface area contributed by atoms with Gasteiger partial charge in [-0.3, -0.25) is 4.79 Å². The second-order valence-corrected chi connectivity index (χ2v) is 5.41. The molecule has 3 unspecified atom stereocenters. The lowest BCUT2D eigenvalue weighted by molar-refractivity contribution is -0.123. The summed E-state index contributed by atoms with van der Waals surface area (Å²) in [4.78, 5) is 12.1. The first kappa shape index (κ1) is 13.1. The number of hydrogen-bond acceptors (Lipinski definition) is 2. The Balaban J connectivity index is 1.98. The minimum Gasteiger partial charge on any atom is -0.351 e. The average molecular weight is 246 g/mol. The van der Waals surface area contributed by atoms with E-state index in [1.54, 1.807) is 0 Å². The fourth-order valence-corrected chi connectivity index (χ4v) is 2.56. The molecule has 1 aromatic rings. The molecule has 18 heavy (non-hydrogen) atoms. The molecule has 0 spiro atoms. The smallest absolute Gasteiger partial charge is 0.241 e. The van der Waals surface area contributed by atoms with Gasteiger partial charge in [0.1, 0.15) is 6.04 Å². The molecule has 1 aromatic carbocycles. The highest BCUT2D eigenvalue weighted by Gasteiger charge is 2.26. The Morgan fingerprint density at radius 2 is 2.00 bits per heavy atom. The number of carbonyl (C=O) groups excluding carboxylic acids is 1. The van der Waals surface area contributed by atoms with Crippen molar-refractivity contribution in [2.24, 2.45) is 11.7 Å². The Hall–Kier alpha value is -1.35. The normalized spacial score (nSPS) is 24.8. The van der Waals surface area contributed by atoms with E-state index in [1.165, 1.54) is 18.4 Å². The summed E-state index contributed by atoms with van der Waals surface area (Å²) in [5.74, 6) is 0.511. The summed E-state index contributed by atoms with van der Waals surface area (Å²) in [5.41, 5.74) is 8.06. The number of benzene rings is 1. The zero-order valence-corrected chi connectivity index (χ0v) is 11.1. The van der Waals surface area contributed by atoms with E-state index in [1.807, 2.05) is 31.2 Å². The van der Waals surface area contributed by atoms with Crippen molar-refractivity contribution in [2.45, 2.75) is 45.2 Å². The van der Waals surface area contributed by atoms with E-state index in [2.05, 4.69) is 12.2 Å². The van der Waals surface area contributed by atoms with Crippen LogP contribution in [0, 0.1) is 12.8 Å². The standard InChI is InChI=1S/C15H22N2O/c1-10-6-8-12(9-7-10)14(16)15(18)17-13-5-3-4-11(13)2/h6-9,11,13-14H,3-5,16H2,1-2H3,(H,17,18). The topological polar surface area (TPSA) is 55.1 Å². The molecule has 0 bridgehead atoms. The van der Waals surface area contributed by atoms with Crippen molar-refractivity contribution in [1.82, 2.24) is 5.32 Å². The van der Waals surface area contributed by atoms with Crippen LogP contribution in [-0.2, 0) is 4.79 Å². The molecule has 0 heterocycles. The molecule has 0 aromatic heterocycles. The van der Waals surface area contributed by atoms with Gasteiger partial charge < -0.3 is 11.1 Å². The van der Waals surface area contributed by atoms with Gasteiger partial charge in [-0.15, -0.1) is 0 Å². The Morgan fingerprint density at radius 1 is 1.33 bits per heavy atom. The van der Waals surface area contributed by atoms with Crippen molar-refractivity contribution in [3.63, 3.8) is 0 Å². The molecule has 98 valence electrons. The molecule has 0 saturated heterocycles. The number of nitrogens with two attached hydrogens (primary N) is 1. The number of carbonyl (C=O) groups is 1. The molecule has 0 radical (unpaired) electrons. The monoisotopic (exact) mass is 246 g/mol. The van der Waals surface area contributed by atoms with E-state index in [0.29, 0.717) is 12.0 Å². The van der Waals surface area contributed by atoms with Gasteiger partial charge in [-0.05, 0) is 31.2 Å². The van der Waals surface area contributed by atoms with Crippen molar-refractivity contribution in [3.8, 4) is 0 Å². The van der Waals surface area contributed by atoms with E-state index in [4.69, 9.17) is 5.73 Å². The van der Waals surface area contributed by atoms with Crippen molar-refractivity contribution in [3.05, 3.63) is 35.4 Å². The van der Waals surface area contributed by atoms with E-state index in [9.17, 15) is 4.79 Å². The molecular formula is C15H22N2O. The van der Waals surface area contributed by atoms with E-state index >= 15 is 0 Å². The summed E-state index contributed by atoms with van der Waals surface area (Å²) in [6, 6.07) is 7.57. The van der Waals surface area contributed by atoms with Gasteiger partial charge in [0.15, 0.2) is 0 Å². The first-order valence-corrected chi connectivity index (χ1v) is 6.70. The van der Waals surface area contributed by atoms with Gasteiger partial charge in [0, 0.05) is 6.04 Å². The highest BCUT2D eigenvalue weighted by atomic mass is 16.2. The first-order valence-electron chi connectivity index (χ1n) is 6.70. The van der Waals surface area contributed by atoms with Gasteiger partial charge in [-0.2, -0.15) is 0 Å². The van der Waals surface area contributed by atoms with Crippen LogP contribution in [0.2, 0.25) is 0 Å². The molecule has 1 aliphatic carbocycles. The van der Waals surface area contributed by atoms with Gasteiger partial charge in [0.25, 0.3) is 0 Å². The molecule has 3 atom stereocenters. The molecule has 1 aliphatic rings. The van der Waals surface area contributed by atoms with E-state index in [0.717, 1.165) is 12.0 Å². The minimum absolute atomic E-state index is 0.0578. The van der Waals surface area contributed by atoms with Crippen molar-refractivity contribution >= 4 is 5.91 Å². The van der Waals surface area contributed by atoms with Crippen LogP contribution in [0.5, 0.6) is 0 Å². The third-order valence-electron chi connectivity index (χ3n) is 3.91. The summed E-state index contributed by atoms with van der Waals surface area (Å²) >= 11 is 0. The fraction of sp³-hybridized carbons (Fsp3) is 0.533. The predicted molar refractivity (Wildman–Crippen MR) is 73.1 cm³/mol. The van der Waals surface area contributed by atoms with Gasteiger partial charge in [-0.1, -0.05) is 43.2 Å². The second kappa shape index (κ2) is 5.53. The van der Waals surface area contributed by atoms with Gasteiger partial charge in [0.2, 0.25) is 5.91 Å². The van der Waals surface area contributed by atoms with E-state index < -0.39 is 6.04 Å². The summed E-state index contributed by atoms with van der Waals surface area (Å²) in [7, 11) is 0. The lowest BCUT2D eigenvalue weighted by Crippen LogP contribution is -2.41. The van der Waals surface area contributed by atoms with Crippen LogP contribution in [0.1, 0.15) is 43.4 Å². The molecular weight excluding hydrogens is 224 g/mol. The first-order chi connectivity index (χ1) is 8.58. The number of hydrogen-bond donors (Lipinski definition) is 2. The Bertz CT molecular complexity index is 413. The van der Waals surface area contributed by atoms with Crippen LogP contribution in [0.15, 0.2) is 24.3 Å². The van der Waals surface area contributed by atoms with Crippen molar-refractivity contribution in [1.29, 1.82) is 0 Å². The molecule has 2 rings (SSSR count). The predicted octanol–water partition coefficient (Wildman–Crippen LogP) is 2.30. The third-order valence-corrected chi connectivity index (χ3v) is 3.91. The van der Waals surface area contributed by atoms with Crippen LogP contribution in [0.25, 0.3) is 0 Å². The average Bonchev–Trinajstić information content (AvgIpc) is 2.75. The van der Waals surface area contributed by atoms with Crippen molar-refractivity contribution in [2.75, 3.05) is 0 Å². The lowest BCUT2D eigenvalue weighted by atomic mass is 10.0.